The number of aliphatic hydroxyl groups is 1. The number of hydrogen-bond donors (Lipinski definition) is 2. The topological polar surface area (TPSA) is 72.2 Å². The fraction of sp³-hybridized carbons (Fsp3) is 0.556. The lowest BCUT2D eigenvalue weighted by Crippen LogP contribution is -2.50. The van der Waals surface area contributed by atoms with Crippen molar-refractivity contribution in [1.29, 1.82) is 0 Å². The van der Waals surface area contributed by atoms with E-state index in [1.807, 2.05) is 32.2 Å². The van der Waals surface area contributed by atoms with Crippen LogP contribution in [-0.4, -0.2) is 32.7 Å². The van der Waals surface area contributed by atoms with Gasteiger partial charge in [0.1, 0.15) is 11.8 Å². The van der Waals surface area contributed by atoms with Crippen LogP contribution in [0.1, 0.15) is 54.4 Å². The largest absolute Gasteiger partial charge is 0.386 e. The van der Waals surface area contributed by atoms with E-state index in [1.54, 1.807) is 4.68 Å². The van der Waals surface area contributed by atoms with Crippen molar-refractivity contribution in [3.8, 4) is 0 Å². The molecule has 3 heterocycles. The first-order chi connectivity index (χ1) is 11.9. The van der Waals surface area contributed by atoms with Crippen molar-refractivity contribution >= 4 is 11.6 Å². The molecule has 4 rings (SSSR count). The fourth-order valence-corrected chi connectivity index (χ4v) is 4.42. The van der Waals surface area contributed by atoms with Crippen molar-refractivity contribution in [2.75, 3.05) is 6.61 Å². The van der Waals surface area contributed by atoms with Gasteiger partial charge in [0.15, 0.2) is 0 Å². The number of halogens is 1. The van der Waals surface area contributed by atoms with E-state index in [9.17, 15) is 5.11 Å². The first-order valence-electron chi connectivity index (χ1n) is 8.64. The maximum absolute atomic E-state index is 10.4. The van der Waals surface area contributed by atoms with Gasteiger partial charge < -0.3 is 15.2 Å². The number of aromatic nitrogens is 3. The second-order valence-corrected chi connectivity index (χ2v) is 7.70. The molecule has 134 valence electrons. The molecular formula is C18H23ClN4O2. The Bertz CT molecular complexity index is 808. The van der Waals surface area contributed by atoms with E-state index in [2.05, 4.69) is 22.6 Å². The van der Waals surface area contributed by atoms with Gasteiger partial charge in [-0.25, -0.2) is 0 Å². The van der Waals surface area contributed by atoms with Gasteiger partial charge in [0.25, 0.3) is 0 Å². The summed E-state index contributed by atoms with van der Waals surface area (Å²) in [6.07, 6.45) is 0.944. The van der Waals surface area contributed by atoms with Gasteiger partial charge in [-0.3, -0.25) is 4.68 Å². The Kier molecular flexibility index (Phi) is 4.11. The molecule has 4 atom stereocenters. The first kappa shape index (κ1) is 17.0. The van der Waals surface area contributed by atoms with E-state index < -0.39 is 11.7 Å². The minimum absolute atomic E-state index is 0.0412. The van der Waals surface area contributed by atoms with Crippen LogP contribution in [0.5, 0.6) is 0 Å². The third kappa shape index (κ3) is 2.77. The summed E-state index contributed by atoms with van der Waals surface area (Å²) in [7, 11) is 1.90. The molecule has 0 radical (unpaired) electrons. The summed E-state index contributed by atoms with van der Waals surface area (Å²) in [5, 5.41) is 23.1. The lowest BCUT2D eigenvalue weighted by atomic mass is 9.74. The number of nitrogens with one attached hydrogen (secondary N) is 1. The lowest BCUT2D eigenvalue weighted by Gasteiger charge is -2.48. The quantitative estimate of drug-likeness (QED) is 0.815. The Morgan fingerprint density at radius 3 is 2.92 bits per heavy atom. The van der Waals surface area contributed by atoms with Crippen molar-refractivity contribution < 1.29 is 9.84 Å². The second-order valence-electron chi connectivity index (χ2n) is 7.26. The van der Waals surface area contributed by atoms with E-state index in [0.29, 0.717) is 11.6 Å². The molecule has 2 N–H and O–H groups in total. The Morgan fingerprint density at radius 1 is 1.40 bits per heavy atom. The van der Waals surface area contributed by atoms with Gasteiger partial charge in [0.05, 0.1) is 23.9 Å². The molecule has 0 bridgehead atoms. The molecule has 1 aromatic carbocycles. The molecule has 1 aromatic heterocycles. The number of fused-ring (bicyclic) bond motifs is 2. The van der Waals surface area contributed by atoms with Crippen LogP contribution in [-0.2, 0) is 17.4 Å². The number of ether oxygens (including phenoxy) is 1. The third-order valence-electron chi connectivity index (χ3n) is 5.51. The van der Waals surface area contributed by atoms with Crippen molar-refractivity contribution in [1.82, 2.24) is 20.3 Å². The zero-order valence-electron chi connectivity index (χ0n) is 14.7. The highest BCUT2D eigenvalue weighted by Gasteiger charge is 2.47. The molecule has 1 saturated heterocycles. The average molecular weight is 363 g/mol. The van der Waals surface area contributed by atoms with Gasteiger partial charge >= 0.3 is 0 Å². The summed E-state index contributed by atoms with van der Waals surface area (Å²) >= 11 is 6.27. The minimum atomic E-state index is -0.611. The zero-order valence-corrected chi connectivity index (χ0v) is 15.4. The predicted molar refractivity (Wildman–Crippen MR) is 94.4 cm³/mol. The van der Waals surface area contributed by atoms with E-state index in [0.717, 1.165) is 35.4 Å². The Hall–Kier alpha value is -1.47. The summed E-state index contributed by atoms with van der Waals surface area (Å²) in [6, 6.07) is 5.97. The molecule has 0 aliphatic carbocycles. The maximum atomic E-state index is 10.4. The van der Waals surface area contributed by atoms with Gasteiger partial charge in [-0.05, 0) is 43.5 Å². The summed E-state index contributed by atoms with van der Waals surface area (Å²) in [5.74, 6) is 0. The van der Waals surface area contributed by atoms with E-state index in [1.165, 1.54) is 0 Å². The molecule has 0 amide bonds. The molecule has 25 heavy (non-hydrogen) atoms. The van der Waals surface area contributed by atoms with Crippen LogP contribution in [0.4, 0.5) is 0 Å². The monoisotopic (exact) mass is 362 g/mol. The second kappa shape index (κ2) is 6.06. The molecule has 1 spiro atoms. The van der Waals surface area contributed by atoms with Gasteiger partial charge in [0, 0.05) is 24.5 Å². The third-order valence-corrected chi connectivity index (χ3v) is 5.75. The number of nitrogens with zero attached hydrogens (tertiary/aromatic N) is 3. The Balaban J connectivity index is 1.78. The SMILES string of the molecule is Cc1c(C2CC3(CC(C)N2)OCC(O)c2ccc(Cl)cc23)nnn1C. The van der Waals surface area contributed by atoms with Crippen LogP contribution in [0.3, 0.4) is 0 Å². The average Bonchev–Trinajstić information content (AvgIpc) is 2.90. The summed E-state index contributed by atoms with van der Waals surface area (Å²) < 4.78 is 8.06. The number of piperidine rings is 1. The van der Waals surface area contributed by atoms with Crippen LogP contribution < -0.4 is 5.32 Å². The molecule has 4 unspecified atom stereocenters. The van der Waals surface area contributed by atoms with Crippen molar-refractivity contribution in [2.45, 2.75) is 50.5 Å². The molecular weight excluding hydrogens is 340 g/mol. The van der Waals surface area contributed by atoms with Crippen LogP contribution >= 0.6 is 11.6 Å². The molecule has 2 aliphatic rings. The molecule has 7 heteroatoms. The summed E-state index contributed by atoms with van der Waals surface area (Å²) in [4.78, 5) is 0. The van der Waals surface area contributed by atoms with Crippen LogP contribution in [0.2, 0.25) is 5.02 Å². The van der Waals surface area contributed by atoms with E-state index >= 15 is 0 Å². The molecule has 2 aromatic rings. The highest BCUT2D eigenvalue weighted by molar-refractivity contribution is 6.30. The maximum Gasteiger partial charge on any atom is 0.103 e. The van der Waals surface area contributed by atoms with Crippen LogP contribution in [0, 0.1) is 6.92 Å². The number of aryl methyl sites for hydroxylation is 1. The summed E-state index contributed by atoms with van der Waals surface area (Å²) in [5.41, 5.74) is 3.44. The van der Waals surface area contributed by atoms with Gasteiger partial charge in [0.2, 0.25) is 0 Å². The fourth-order valence-electron chi connectivity index (χ4n) is 4.24. The normalized spacial score (nSPS) is 32.0. The summed E-state index contributed by atoms with van der Waals surface area (Å²) in [6.45, 7) is 4.48. The van der Waals surface area contributed by atoms with Gasteiger partial charge in [-0.2, -0.15) is 0 Å². The number of benzene rings is 1. The van der Waals surface area contributed by atoms with Crippen LogP contribution in [0.25, 0.3) is 0 Å². The first-order valence-corrected chi connectivity index (χ1v) is 9.01. The van der Waals surface area contributed by atoms with Gasteiger partial charge in [-0.1, -0.05) is 22.9 Å². The number of rotatable bonds is 1. The zero-order chi connectivity index (χ0) is 17.8. The van der Waals surface area contributed by atoms with Crippen molar-refractivity contribution in [3.63, 3.8) is 0 Å². The highest BCUT2D eigenvalue weighted by Crippen LogP contribution is 2.48. The molecule has 6 nitrogen and oxygen atoms in total. The van der Waals surface area contributed by atoms with E-state index in [-0.39, 0.29) is 12.1 Å². The van der Waals surface area contributed by atoms with Crippen molar-refractivity contribution in [2.24, 2.45) is 7.05 Å². The molecule has 1 fully saturated rings. The molecule has 2 aliphatic heterocycles. The van der Waals surface area contributed by atoms with E-state index in [4.69, 9.17) is 16.3 Å². The predicted octanol–water partition coefficient (Wildman–Crippen LogP) is 2.55. The minimum Gasteiger partial charge on any atom is -0.386 e. The van der Waals surface area contributed by atoms with Crippen molar-refractivity contribution in [3.05, 3.63) is 45.7 Å². The number of aliphatic hydroxyl groups excluding tert-OH is 1. The van der Waals surface area contributed by atoms with Gasteiger partial charge in [-0.15, -0.1) is 5.10 Å². The van der Waals surface area contributed by atoms with Crippen LogP contribution in [0.15, 0.2) is 18.2 Å². The smallest absolute Gasteiger partial charge is 0.103 e. The number of hydrogen-bond acceptors (Lipinski definition) is 5. The lowest BCUT2D eigenvalue weighted by molar-refractivity contribution is -0.132. The Labute approximate surface area is 152 Å². The Morgan fingerprint density at radius 2 is 2.20 bits per heavy atom. The standard InChI is InChI=1S/C18H23ClN4O2/c1-10-7-18(8-15(20-10)17-11(2)23(3)22-21-17)14-6-12(19)4-5-13(14)16(24)9-25-18/h4-6,10,15-16,20,24H,7-9H2,1-3H3. The highest BCUT2D eigenvalue weighted by atomic mass is 35.5. The molecule has 0 saturated carbocycles.